The molecule has 1 fully saturated rings. The number of rotatable bonds is 3. The molecule has 1 aromatic heterocycles. The van der Waals surface area contributed by atoms with Crippen LogP contribution in [0.5, 0.6) is 0 Å². The van der Waals surface area contributed by atoms with Crippen LogP contribution in [0.25, 0.3) is 0 Å². The van der Waals surface area contributed by atoms with Crippen molar-refractivity contribution in [2.24, 2.45) is 5.73 Å². The molecule has 4 heteroatoms. The molecule has 0 radical (unpaired) electrons. The normalized spacial score (nSPS) is 21.9. The first kappa shape index (κ1) is 10.6. The molecular weight excluding hydrogens is 190 g/mol. The standard InChI is InChI=1S/C11H19N3O/c1-2-14-10(7-9(8-12)13-14)11-5-3-4-6-15-11/h7,11H,2-6,8,12H2,1H3. The molecule has 1 aliphatic rings. The van der Waals surface area contributed by atoms with Crippen LogP contribution in [0.2, 0.25) is 0 Å². The van der Waals surface area contributed by atoms with E-state index in [0.29, 0.717) is 6.54 Å². The Balaban J connectivity index is 2.20. The molecule has 15 heavy (non-hydrogen) atoms. The van der Waals surface area contributed by atoms with Crippen molar-refractivity contribution in [2.45, 2.75) is 45.4 Å². The number of aromatic nitrogens is 2. The van der Waals surface area contributed by atoms with E-state index in [1.165, 1.54) is 18.5 Å². The molecule has 0 amide bonds. The van der Waals surface area contributed by atoms with Crippen molar-refractivity contribution in [1.82, 2.24) is 9.78 Å². The minimum absolute atomic E-state index is 0.228. The van der Waals surface area contributed by atoms with E-state index in [1.54, 1.807) is 0 Å². The number of ether oxygens (including phenoxy) is 1. The second-order valence-corrected chi connectivity index (χ2v) is 3.94. The zero-order chi connectivity index (χ0) is 10.7. The van der Waals surface area contributed by atoms with Gasteiger partial charge < -0.3 is 10.5 Å². The predicted octanol–water partition coefficient (Wildman–Crippen LogP) is 1.60. The van der Waals surface area contributed by atoms with E-state index >= 15 is 0 Å². The molecule has 2 rings (SSSR count). The lowest BCUT2D eigenvalue weighted by atomic mass is 10.1. The summed E-state index contributed by atoms with van der Waals surface area (Å²) < 4.78 is 7.77. The first-order valence-corrected chi connectivity index (χ1v) is 5.73. The van der Waals surface area contributed by atoms with Crippen molar-refractivity contribution in [3.63, 3.8) is 0 Å². The smallest absolute Gasteiger partial charge is 0.0991 e. The number of aryl methyl sites for hydroxylation is 1. The predicted molar refractivity (Wildman–Crippen MR) is 58.3 cm³/mol. The van der Waals surface area contributed by atoms with E-state index in [4.69, 9.17) is 10.5 Å². The molecule has 1 saturated heterocycles. The third kappa shape index (κ3) is 2.21. The fourth-order valence-corrected chi connectivity index (χ4v) is 2.07. The van der Waals surface area contributed by atoms with Crippen LogP contribution in [0.1, 0.15) is 43.7 Å². The summed E-state index contributed by atoms with van der Waals surface area (Å²) in [5.74, 6) is 0. The van der Waals surface area contributed by atoms with Crippen molar-refractivity contribution in [1.29, 1.82) is 0 Å². The second-order valence-electron chi connectivity index (χ2n) is 3.94. The third-order valence-electron chi connectivity index (χ3n) is 2.88. The minimum Gasteiger partial charge on any atom is -0.372 e. The van der Waals surface area contributed by atoms with E-state index in [2.05, 4.69) is 18.1 Å². The molecule has 1 aliphatic heterocycles. The van der Waals surface area contributed by atoms with Crippen LogP contribution in [-0.2, 0) is 17.8 Å². The van der Waals surface area contributed by atoms with Crippen molar-refractivity contribution in [3.8, 4) is 0 Å². The molecule has 2 N–H and O–H groups in total. The van der Waals surface area contributed by atoms with Crippen molar-refractivity contribution >= 4 is 0 Å². The molecule has 0 bridgehead atoms. The van der Waals surface area contributed by atoms with Gasteiger partial charge in [0, 0.05) is 19.7 Å². The minimum atomic E-state index is 0.228. The highest BCUT2D eigenvalue weighted by molar-refractivity contribution is 5.13. The van der Waals surface area contributed by atoms with Gasteiger partial charge in [0.1, 0.15) is 0 Å². The maximum absolute atomic E-state index is 5.76. The molecular formula is C11H19N3O. The number of hydrogen-bond donors (Lipinski definition) is 1. The van der Waals surface area contributed by atoms with Crippen LogP contribution in [-0.4, -0.2) is 16.4 Å². The van der Waals surface area contributed by atoms with Gasteiger partial charge in [-0.25, -0.2) is 0 Å². The highest BCUT2D eigenvalue weighted by atomic mass is 16.5. The zero-order valence-electron chi connectivity index (χ0n) is 9.28. The molecule has 1 aromatic rings. The molecule has 0 spiro atoms. The summed E-state index contributed by atoms with van der Waals surface area (Å²) >= 11 is 0. The van der Waals surface area contributed by atoms with Gasteiger partial charge in [0.2, 0.25) is 0 Å². The van der Waals surface area contributed by atoms with Crippen LogP contribution in [0.4, 0.5) is 0 Å². The van der Waals surface area contributed by atoms with Crippen molar-refractivity contribution < 1.29 is 4.74 Å². The molecule has 2 heterocycles. The Morgan fingerprint density at radius 3 is 3.07 bits per heavy atom. The summed E-state index contributed by atoms with van der Waals surface area (Å²) in [5, 5.41) is 4.43. The number of hydrogen-bond acceptors (Lipinski definition) is 3. The number of nitrogens with zero attached hydrogens (tertiary/aromatic N) is 2. The monoisotopic (exact) mass is 209 g/mol. The Bertz CT molecular complexity index is 316. The molecule has 0 saturated carbocycles. The summed E-state index contributed by atoms with van der Waals surface area (Å²) in [4.78, 5) is 0. The van der Waals surface area contributed by atoms with E-state index in [-0.39, 0.29) is 6.10 Å². The quantitative estimate of drug-likeness (QED) is 0.822. The lowest BCUT2D eigenvalue weighted by Crippen LogP contribution is -2.15. The zero-order valence-corrected chi connectivity index (χ0v) is 9.28. The Kier molecular flexibility index (Phi) is 3.38. The summed E-state index contributed by atoms with van der Waals surface area (Å²) in [6.07, 6.45) is 3.76. The third-order valence-corrected chi connectivity index (χ3v) is 2.88. The summed E-state index contributed by atoms with van der Waals surface area (Å²) in [6, 6.07) is 2.08. The van der Waals surface area contributed by atoms with E-state index < -0.39 is 0 Å². The Morgan fingerprint density at radius 1 is 1.60 bits per heavy atom. The van der Waals surface area contributed by atoms with E-state index in [0.717, 1.165) is 25.3 Å². The topological polar surface area (TPSA) is 53.1 Å². The van der Waals surface area contributed by atoms with Crippen molar-refractivity contribution in [3.05, 3.63) is 17.5 Å². The van der Waals surface area contributed by atoms with Crippen LogP contribution < -0.4 is 5.73 Å². The molecule has 4 nitrogen and oxygen atoms in total. The van der Waals surface area contributed by atoms with Crippen LogP contribution in [0.3, 0.4) is 0 Å². The highest BCUT2D eigenvalue weighted by Crippen LogP contribution is 2.28. The van der Waals surface area contributed by atoms with Gasteiger partial charge in [-0.15, -0.1) is 0 Å². The first-order chi connectivity index (χ1) is 7.35. The maximum atomic E-state index is 5.76. The fraction of sp³-hybridized carbons (Fsp3) is 0.727. The van der Waals surface area contributed by atoms with Gasteiger partial charge in [-0.2, -0.15) is 5.10 Å². The fourth-order valence-electron chi connectivity index (χ4n) is 2.07. The lowest BCUT2D eigenvalue weighted by molar-refractivity contribution is 0.00957. The first-order valence-electron chi connectivity index (χ1n) is 5.73. The van der Waals surface area contributed by atoms with Gasteiger partial charge in [0.25, 0.3) is 0 Å². The van der Waals surface area contributed by atoms with Gasteiger partial charge in [-0.1, -0.05) is 0 Å². The molecule has 0 aliphatic carbocycles. The van der Waals surface area contributed by atoms with Gasteiger partial charge in [-0.3, -0.25) is 4.68 Å². The Labute approximate surface area is 90.4 Å². The molecule has 84 valence electrons. The summed E-state index contributed by atoms with van der Waals surface area (Å²) in [7, 11) is 0. The van der Waals surface area contributed by atoms with Crippen LogP contribution >= 0.6 is 0 Å². The number of nitrogens with two attached hydrogens (primary N) is 1. The van der Waals surface area contributed by atoms with Gasteiger partial charge >= 0.3 is 0 Å². The van der Waals surface area contributed by atoms with E-state index in [9.17, 15) is 0 Å². The highest BCUT2D eigenvalue weighted by Gasteiger charge is 2.20. The van der Waals surface area contributed by atoms with Gasteiger partial charge in [-0.05, 0) is 32.3 Å². The van der Waals surface area contributed by atoms with Gasteiger partial charge in [0.05, 0.1) is 17.5 Å². The summed E-state index contributed by atoms with van der Waals surface area (Å²) in [6.45, 7) is 4.36. The molecule has 1 unspecified atom stereocenters. The van der Waals surface area contributed by atoms with E-state index in [1.807, 2.05) is 4.68 Å². The lowest BCUT2D eigenvalue weighted by Gasteiger charge is -2.22. The average molecular weight is 209 g/mol. The average Bonchev–Trinajstić information content (AvgIpc) is 2.73. The Hall–Kier alpha value is -0.870. The van der Waals surface area contributed by atoms with Gasteiger partial charge in [0.15, 0.2) is 0 Å². The van der Waals surface area contributed by atoms with Crippen LogP contribution in [0, 0.1) is 0 Å². The maximum Gasteiger partial charge on any atom is 0.0991 e. The molecule has 0 aromatic carbocycles. The van der Waals surface area contributed by atoms with Crippen LogP contribution in [0.15, 0.2) is 6.07 Å². The second kappa shape index (κ2) is 4.77. The summed E-state index contributed by atoms with van der Waals surface area (Å²) in [5.41, 5.74) is 7.75. The Morgan fingerprint density at radius 2 is 2.47 bits per heavy atom. The largest absolute Gasteiger partial charge is 0.372 e. The molecule has 1 atom stereocenters. The van der Waals surface area contributed by atoms with Crippen molar-refractivity contribution in [2.75, 3.05) is 6.61 Å². The SMILES string of the molecule is CCn1nc(CN)cc1C1CCCCO1.